The zero-order valence-corrected chi connectivity index (χ0v) is 26.3. The summed E-state index contributed by atoms with van der Waals surface area (Å²) in [6.45, 7) is 7.72. The molecule has 2 bridgehead atoms. The minimum atomic E-state index is -2.66. The van der Waals surface area contributed by atoms with Gasteiger partial charge in [0.15, 0.2) is 0 Å². The minimum absolute atomic E-state index is 0.000212. The van der Waals surface area contributed by atoms with E-state index in [0.29, 0.717) is 25.0 Å². The standard InChI is InChI=1S/C27H37N2O9PS2/c1-16-13-29(23(33)28-20(16)30)19-12-17(37-22(32)27-11-10-25(4,21(31)38-27)24(27,2)3)18(36-19)14-34-39(40)35-15-26(41-39)8-6-5-7-9-26/h13,17-19H,5-12,14-15H2,1-4H3,(H,28,30,33). The molecule has 11 nitrogen and oxygen atoms in total. The maximum Gasteiger partial charge on any atom is 0.351 e. The molecular weight excluding hydrogens is 591 g/mol. The molecule has 2 saturated carbocycles. The molecule has 14 heteroatoms. The van der Waals surface area contributed by atoms with Gasteiger partial charge in [0, 0.05) is 28.3 Å². The zero-order valence-electron chi connectivity index (χ0n) is 23.8. The Bertz CT molecular complexity index is 1440. The highest BCUT2D eigenvalue weighted by Crippen LogP contribution is 2.73. The van der Waals surface area contributed by atoms with Gasteiger partial charge in [-0.05, 0) is 51.3 Å². The van der Waals surface area contributed by atoms with Crippen molar-refractivity contribution in [3.63, 3.8) is 0 Å². The molecule has 226 valence electrons. The van der Waals surface area contributed by atoms with Crippen molar-refractivity contribution in [3.8, 4) is 0 Å². The van der Waals surface area contributed by atoms with Crippen LogP contribution in [0.1, 0.15) is 83.9 Å². The predicted molar refractivity (Wildman–Crippen MR) is 154 cm³/mol. The molecule has 3 saturated heterocycles. The summed E-state index contributed by atoms with van der Waals surface area (Å²) in [6.07, 6.45) is 5.65. The van der Waals surface area contributed by atoms with E-state index in [4.69, 9.17) is 35.1 Å². The van der Waals surface area contributed by atoms with Crippen molar-refractivity contribution < 1.29 is 32.8 Å². The van der Waals surface area contributed by atoms with Crippen LogP contribution in [0.5, 0.6) is 0 Å². The fraction of sp³-hybridized carbons (Fsp3) is 0.778. The van der Waals surface area contributed by atoms with Crippen molar-refractivity contribution in [3.05, 3.63) is 32.6 Å². The lowest BCUT2D eigenvalue weighted by molar-refractivity contribution is -0.189. The van der Waals surface area contributed by atoms with Crippen molar-refractivity contribution in [2.45, 2.75) is 108 Å². The molecule has 0 aromatic carbocycles. The Morgan fingerprint density at radius 2 is 1.90 bits per heavy atom. The molecule has 3 aliphatic heterocycles. The summed E-state index contributed by atoms with van der Waals surface area (Å²) in [5.74, 6) is -1.02. The van der Waals surface area contributed by atoms with Crippen molar-refractivity contribution in [2.24, 2.45) is 10.8 Å². The molecule has 6 rings (SSSR count). The van der Waals surface area contributed by atoms with E-state index in [1.165, 1.54) is 17.2 Å². The second-order valence-corrected chi connectivity index (χ2v) is 19.4. The van der Waals surface area contributed by atoms with Gasteiger partial charge < -0.3 is 23.3 Å². The largest absolute Gasteiger partial charge is 0.456 e. The number of aryl methyl sites for hydroxylation is 1. The molecule has 4 heterocycles. The fourth-order valence-corrected chi connectivity index (χ4v) is 13.6. The minimum Gasteiger partial charge on any atom is -0.456 e. The van der Waals surface area contributed by atoms with Crippen LogP contribution < -0.4 is 11.2 Å². The Morgan fingerprint density at radius 1 is 1.17 bits per heavy atom. The first-order valence-corrected chi connectivity index (χ1v) is 18.3. The quantitative estimate of drug-likeness (QED) is 0.363. The Balaban J connectivity index is 1.23. The van der Waals surface area contributed by atoms with E-state index in [0.717, 1.165) is 25.7 Å². The number of nitrogens with zero attached hydrogens (tertiary/aromatic N) is 1. The topological polar surface area (TPSA) is 135 Å². The highest BCUT2D eigenvalue weighted by Gasteiger charge is 2.76. The summed E-state index contributed by atoms with van der Waals surface area (Å²) in [5, 5.41) is 0. The van der Waals surface area contributed by atoms with Gasteiger partial charge in [-0.2, -0.15) is 0 Å². The lowest BCUT2D eigenvalue weighted by atomic mass is 9.66. The number of carbonyl (C=O) groups excluding carboxylic acids is 2. The first-order chi connectivity index (χ1) is 19.2. The maximum absolute atomic E-state index is 13.8. The molecular formula is C27H37N2O9PS2. The third-order valence-electron chi connectivity index (χ3n) is 10.3. The van der Waals surface area contributed by atoms with E-state index in [-0.39, 0.29) is 17.8 Å². The average molecular weight is 629 g/mol. The van der Waals surface area contributed by atoms with E-state index < -0.39 is 63.7 Å². The van der Waals surface area contributed by atoms with Crippen molar-refractivity contribution in [2.75, 3.05) is 13.2 Å². The number of aromatic amines is 1. The van der Waals surface area contributed by atoms with Crippen LogP contribution in [0.15, 0.2) is 15.8 Å². The van der Waals surface area contributed by atoms with Gasteiger partial charge in [0.05, 0.1) is 18.6 Å². The molecule has 1 spiro atoms. The predicted octanol–water partition coefficient (Wildman–Crippen LogP) is 3.87. The average Bonchev–Trinajstić information content (AvgIpc) is 3.56. The fourth-order valence-electron chi connectivity index (χ4n) is 7.03. The third kappa shape index (κ3) is 4.61. The lowest BCUT2D eigenvalue weighted by Gasteiger charge is -2.35. The molecule has 0 amide bonds. The number of aromatic nitrogens is 2. The van der Waals surface area contributed by atoms with Gasteiger partial charge in [0.1, 0.15) is 18.4 Å². The highest BCUT2D eigenvalue weighted by molar-refractivity contribution is 8.68. The normalized spacial score (nSPS) is 38.8. The number of nitrogens with one attached hydrogen (secondary N) is 1. The summed E-state index contributed by atoms with van der Waals surface area (Å²) in [4.78, 5) is 53.5. The van der Waals surface area contributed by atoms with Gasteiger partial charge in [0.2, 0.25) is 11.3 Å². The van der Waals surface area contributed by atoms with E-state index in [2.05, 4.69) is 4.98 Å². The van der Waals surface area contributed by atoms with Gasteiger partial charge >= 0.3 is 17.6 Å². The zero-order chi connectivity index (χ0) is 29.4. The number of esters is 2. The number of H-pyrrole nitrogens is 1. The Hall–Kier alpha value is -1.50. The number of carbonyl (C=O) groups is 2. The van der Waals surface area contributed by atoms with Crippen molar-refractivity contribution in [1.82, 2.24) is 9.55 Å². The number of hydrogen-bond acceptors (Lipinski definition) is 11. The van der Waals surface area contributed by atoms with Crippen LogP contribution in [0, 0.1) is 17.8 Å². The van der Waals surface area contributed by atoms with Gasteiger partial charge in [-0.1, -0.05) is 44.5 Å². The number of rotatable bonds is 6. The molecule has 1 aromatic rings. The monoisotopic (exact) mass is 628 g/mol. The Morgan fingerprint density at radius 3 is 2.56 bits per heavy atom. The maximum atomic E-state index is 13.8. The van der Waals surface area contributed by atoms with Crippen molar-refractivity contribution in [1.29, 1.82) is 0 Å². The summed E-state index contributed by atoms with van der Waals surface area (Å²) >= 11 is 7.49. The van der Waals surface area contributed by atoms with Crippen LogP contribution in [0.2, 0.25) is 0 Å². The van der Waals surface area contributed by atoms with Gasteiger partial charge in [-0.25, -0.2) is 9.59 Å². The van der Waals surface area contributed by atoms with E-state index >= 15 is 0 Å². The van der Waals surface area contributed by atoms with Crippen LogP contribution in [0.4, 0.5) is 0 Å². The Labute approximate surface area is 247 Å². The SMILES string of the molecule is Cc1cn(C2CC(OC(=O)C34CCC(C)(C(=O)O3)C4(C)C)C(COP3(=S)OCC4(CCCCC4)S3)O2)c(=O)[nH]c1=O. The van der Waals surface area contributed by atoms with E-state index in [1.807, 2.05) is 20.8 Å². The van der Waals surface area contributed by atoms with Gasteiger partial charge in [-0.3, -0.25) is 19.1 Å². The van der Waals surface area contributed by atoms with Crippen LogP contribution in [-0.4, -0.2) is 57.3 Å². The van der Waals surface area contributed by atoms with Crippen LogP contribution in [-0.2, 0) is 44.7 Å². The summed E-state index contributed by atoms with van der Waals surface area (Å²) in [7, 11) is 0. The molecule has 6 atom stereocenters. The second-order valence-electron chi connectivity index (χ2n) is 12.8. The summed E-state index contributed by atoms with van der Waals surface area (Å²) < 4.78 is 31.7. The summed E-state index contributed by atoms with van der Waals surface area (Å²) in [6, 6.07) is 0. The first-order valence-electron chi connectivity index (χ1n) is 14.3. The lowest BCUT2D eigenvalue weighted by Crippen LogP contribution is -2.50. The Kier molecular flexibility index (Phi) is 7.23. The number of ether oxygens (including phenoxy) is 3. The van der Waals surface area contributed by atoms with Crippen molar-refractivity contribution >= 4 is 40.8 Å². The van der Waals surface area contributed by atoms with Crippen LogP contribution in [0.3, 0.4) is 0 Å². The second kappa shape index (κ2) is 10.0. The molecule has 0 radical (unpaired) electrons. The summed E-state index contributed by atoms with van der Waals surface area (Å²) in [5.41, 5.74) is -6.39. The smallest absolute Gasteiger partial charge is 0.351 e. The molecule has 2 aliphatic carbocycles. The van der Waals surface area contributed by atoms with Crippen LogP contribution in [0.25, 0.3) is 0 Å². The number of hydrogen-bond donors (Lipinski definition) is 1. The molecule has 1 aromatic heterocycles. The number of fused-ring (bicyclic) bond motifs is 2. The van der Waals surface area contributed by atoms with E-state index in [9.17, 15) is 19.2 Å². The molecule has 5 aliphatic rings. The first kappa shape index (κ1) is 29.6. The van der Waals surface area contributed by atoms with Crippen LogP contribution >= 0.6 is 17.1 Å². The molecule has 5 fully saturated rings. The molecule has 1 N–H and O–H groups in total. The van der Waals surface area contributed by atoms with Gasteiger partial charge in [-0.15, -0.1) is 0 Å². The molecule has 41 heavy (non-hydrogen) atoms. The van der Waals surface area contributed by atoms with Gasteiger partial charge in [0.25, 0.3) is 5.56 Å². The highest BCUT2D eigenvalue weighted by atomic mass is 32.9. The third-order valence-corrected chi connectivity index (χ3v) is 16.1. The van der Waals surface area contributed by atoms with E-state index in [1.54, 1.807) is 18.3 Å². The molecule has 6 unspecified atom stereocenters.